The van der Waals surface area contributed by atoms with Gasteiger partial charge in [-0.15, -0.1) is 5.10 Å². The number of hydrogen-bond acceptors (Lipinski definition) is 5. The molecule has 0 spiro atoms. The lowest BCUT2D eigenvalue weighted by atomic mass is 10.1. The third-order valence-corrected chi connectivity index (χ3v) is 3.44. The average Bonchev–Trinajstić information content (AvgIpc) is 3.07. The van der Waals surface area contributed by atoms with E-state index in [-0.39, 0.29) is 18.5 Å². The van der Waals surface area contributed by atoms with Crippen molar-refractivity contribution in [1.82, 2.24) is 35.4 Å². The van der Waals surface area contributed by atoms with Crippen molar-refractivity contribution in [3.05, 3.63) is 23.1 Å². The van der Waals surface area contributed by atoms with E-state index >= 15 is 0 Å². The Hall–Kier alpha value is -2.91. The standard InChI is InChI=1S/C14H22N8O2/c1-9-11(10(2)19-18-9)5-6-15-13(23)8-22-16-7-12(20-22)17-14(24)21(3)4/h7H,5-6,8H2,1-4H3,(H,15,23)(H,18,19)(H,17,20,24). The summed E-state index contributed by atoms with van der Waals surface area (Å²) in [5.41, 5.74) is 3.06. The van der Waals surface area contributed by atoms with E-state index in [2.05, 4.69) is 31.0 Å². The number of hydrogen-bond donors (Lipinski definition) is 3. The van der Waals surface area contributed by atoms with Crippen molar-refractivity contribution < 1.29 is 9.59 Å². The van der Waals surface area contributed by atoms with Gasteiger partial charge in [0.1, 0.15) is 6.54 Å². The Balaban J connectivity index is 1.78. The average molecular weight is 334 g/mol. The fourth-order valence-electron chi connectivity index (χ4n) is 2.11. The lowest BCUT2D eigenvalue weighted by Crippen LogP contribution is -2.30. The molecule has 0 aliphatic heterocycles. The third-order valence-electron chi connectivity index (χ3n) is 3.44. The van der Waals surface area contributed by atoms with Crippen LogP contribution in [0.3, 0.4) is 0 Å². The second-order valence-corrected chi connectivity index (χ2v) is 5.60. The van der Waals surface area contributed by atoms with Crippen LogP contribution in [0.25, 0.3) is 0 Å². The molecule has 2 heterocycles. The number of amides is 3. The van der Waals surface area contributed by atoms with Gasteiger partial charge in [0.05, 0.1) is 11.9 Å². The smallest absolute Gasteiger partial charge is 0.322 e. The van der Waals surface area contributed by atoms with Crippen molar-refractivity contribution in [3.63, 3.8) is 0 Å². The highest BCUT2D eigenvalue weighted by Crippen LogP contribution is 2.09. The largest absolute Gasteiger partial charge is 0.354 e. The predicted molar refractivity (Wildman–Crippen MR) is 87.5 cm³/mol. The zero-order valence-electron chi connectivity index (χ0n) is 14.3. The van der Waals surface area contributed by atoms with Crippen LogP contribution < -0.4 is 10.6 Å². The maximum atomic E-state index is 11.9. The van der Waals surface area contributed by atoms with Crippen LogP contribution in [0.2, 0.25) is 0 Å². The van der Waals surface area contributed by atoms with Crippen molar-refractivity contribution in [3.8, 4) is 0 Å². The molecule has 0 saturated carbocycles. The number of urea groups is 1. The Morgan fingerprint density at radius 2 is 2.08 bits per heavy atom. The number of anilines is 1. The predicted octanol–water partition coefficient (Wildman–Crippen LogP) is 0.0704. The van der Waals surface area contributed by atoms with Gasteiger partial charge >= 0.3 is 6.03 Å². The Labute approximate surface area is 139 Å². The molecule has 10 nitrogen and oxygen atoms in total. The van der Waals surface area contributed by atoms with E-state index in [1.807, 2.05) is 13.8 Å². The maximum Gasteiger partial charge on any atom is 0.322 e. The molecule has 0 atom stereocenters. The number of aryl methyl sites for hydroxylation is 2. The van der Waals surface area contributed by atoms with Crippen molar-refractivity contribution in [2.24, 2.45) is 0 Å². The summed E-state index contributed by atoms with van der Waals surface area (Å²) in [6.07, 6.45) is 2.10. The summed E-state index contributed by atoms with van der Waals surface area (Å²) >= 11 is 0. The first-order valence-corrected chi connectivity index (χ1v) is 7.52. The van der Waals surface area contributed by atoms with Gasteiger partial charge in [-0.2, -0.15) is 15.0 Å². The summed E-state index contributed by atoms with van der Waals surface area (Å²) in [5.74, 6) is 0.0982. The van der Waals surface area contributed by atoms with Gasteiger partial charge in [-0.1, -0.05) is 0 Å². The lowest BCUT2D eigenvalue weighted by molar-refractivity contribution is -0.122. The third kappa shape index (κ3) is 4.54. The maximum absolute atomic E-state index is 11.9. The van der Waals surface area contributed by atoms with Crippen molar-refractivity contribution in [2.45, 2.75) is 26.8 Å². The molecule has 3 N–H and O–H groups in total. The van der Waals surface area contributed by atoms with Crippen LogP contribution in [0.4, 0.5) is 10.6 Å². The number of rotatable bonds is 6. The van der Waals surface area contributed by atoms with Crippen LogP contribution in [0.15, 0.2) is 6.20 Å². The molecule has 0 bridgehead atoms. The molecular formula is C14H22N8O2. The molecule has 10 heteroatoms. The van der Waals surface area contributed by atoms with Gasteiger partial charge in [-0.25, -0.2) is 4.79 Å². The van der Waals surface area contributed by atoms with Crippen LogP contribution in [-0.4, -0.2) is 62.7 Å². The fourth-order valence-corrected chi connectivity index (χ4v) is 2.11. The number of nitrogens with zero attached hydrogens (tertiary/aromatic N) is 5. The second kappa shape index (κ2) is 7.57. The highest BCUT2D eigenvalue weighted by atomic mass is 16.2. The Bertz CT molecular complexity index is 699. The van der Waals surface area contributed by atoms with Gasteiger partial charge in [0.25, 0.3) is 0 Å². The molecule has 0 saturated heterocycles. The SMILES string of the molecule is Cc1n[nH]c(C)c1CCNC(=O)Cn1ncc(NC(=O)N(C)C)n1. The number of aromatic amines is 1. The van der Waals surface area contributed by atoms with Crippen LogP contribution in [-0.2, 0) is 17.8 Å². The molecular weight excluding hydrogens is 312 g/mol. The summed E-state index contributed by atoms with van der Waals surface area (Å²) in [6.45, 7) is 4.37. The molecule has 0 aliphatic rings. The van der Waals surface area contributed by atoms with E-state index in [0.29, 0.717) is 18.8 Å². The summed E-state index contributed by atoms with van der Waals surface area (Å²) in [4.78, 5) is 26.0. The summed E-state index contributed by atoms with van der Waals surface area (Å²) in [6, 6.07) is -0.308. The number of carbonyl (C=O) groups excluding carboxylic acids is 2. The molecule has 0 aromatic carbocycles. The molecule has 0 radical (unpaired) electrons. The van der Waals surface area contributed by atoms with Gasteiger partial charge in [-0.05, 0) is 25.8 Å². The van der Waals surface area contributed by atoms with Crippen LogP contribution in [0, 0.1) is 13.8 Å². The second-order valence-electron chi connectivity index (χ2n) is 5.60. The van der Waals surface area contributed by atoms with Gasteiger partial charge < -0.3 is 10.2 Å². The quantitative estimate of drug-likeness (QED) is 0.690. The van der Waals surface area contributed by atoms with Crippen molar-refractivity contribution in [2.75, 3.05) is 26.0 Å². The van der Waals surface area contributed by atoms with E-state index in [4.69, 9.17) is 0 Å². The number of H-pyrrole nitrogens is 1. The number of carbonyl (C=O) groups is 2. The first kappa shape index (κ1) is 17.4. The van der Waals surface area contributed by atoms with Crippen LogP contribution in [0.1, 0.15) is 17.0 Å². The lowest BCUT2D eigenvalue weighted by Gasteiger charge is -2.09. The summed E-state index contributed by atoms with van der Waals surface area (Å²) < 4.78 is 0. The molecule has 2 rings (SSSR count). The normalized spacial score (nSPS) is 10.5. The minimum atomic E-state index is -0.308. The highest BCUT2D eigenvalue weighted by molar-refractivity contribution is 5.87. The zero-order valence-corrected chi connectivity index (χ0v) is 14.3. The molecule has 0 fully saturated rings. The zero-order chi connectivity index (χ0) is 17.7. The molecule has 2 aromatic rings. The fraction of sp³-hybridized carbons (Fsp3) is 0.500. The first-order valence-electron chi connectivity index (χ1n) is 7.52. The molecule has 0 aliphatic carbocycles. The van der Waals surface area contributed by atoms with Crippen molar-refractivity contribution >= 4 is 17.8 Å². The van der Waals surface area contributed by atoms with Crippen molar-refractivity contribution in [1.29, 1.82) is 0 Å². The molecule has 0 unspecified atom stereocenters. The summed E-state index contributed by atoms with van der Waals surface area (Å²) in [5, 5.41) is 20.4. The highest BCUT2D eigenvalue weighted by Gasteiger charge is 2.10. The van der Waals surface area contributed by atoms with Gasteiger partial charge in [-0.3, -0.25) is 15.2 Å². The Kier molecular flexibility index (Phi) is 5.51. The van der Waals surface area contributed by atoms with Gasteiger partial charge in [0, 0.05) is 26.3 Å². The van der Waals surface area contributed by atoms with E-state index in [9.17, 15) is 9.59 Å². The van der Waals surface area contributed by atoms with Gasteiger partial charge in [0.2, 0.25) is 5.91 Å². The number of aromatic nitrogens is 5. The molecule has 2 aromatic heterocycles. The Morgan fingerprint density at radius 1 is 1.33 bits per heavy atom. The van der Waals surface area contributed by atoms with Crippen LogP contribution in [0.5, 0.6) is 0 Å². The van der Waals surface area contributed by atoms with E-state index in [1.54, 1.807) is 14.1 Å². The summed E-state index contributed by atoms with van der Waals surface area (Å²) in [7, 11) is 3.24. The van der Waals surface area contributed by atoms with E-state index in [0.717, 1.165) is 17.0 Å². The Morgan fingerprint density at radius 3 is 2.71 bits per heavy atom. The monoisotopic (exact) mass is 334 g/mol. The molecule has 24 heavy (non-hydrogen) atoms. The minimum Gasteiger partial charge on any atom is -0.354 e. The van der Waals surface area contributed by atoms with Gasteiger partial charge in [0.15, 0.2) is 5.82 Å². The first-order chi connectivity index (χ1) is 11.4. The minimum absolute atomic E-state index is 0.0127. The molecule has 130 valence electrons. The molecule has 3 amide bonds. The van der Waals surface area contributed by atoms with E-state index < -0.39 is 0 Å². The van der Waals surface area contributed by atoms with Crippen LogP contribution >= 0.6 is 0 Å². The van der Waals surface area contributed by atoms with E-state index in [1.165, 1.54) is 15.9 Å². The topological polar surface area (TPSA) is 121 Å². The number of nitrogens with one attached hydrogen (secondary N) is 3.